The van der Waals surface area contributed by atoms with Crippen molar-refractivity contribution in [2.24, 2.45) is 0 Å². The Bertz CT molecular complexity index is 695. The summed E-state index contributed by atoms with van der Waals surface area (Å²) >= 11 is 0. The first-order valence-electron chi connectivity index (χ1n) is 7.29. The molecule has 0 fully saturated rings. The first-order valence-corrected chi connectivity index (χ1v) is 8.77. The summed E-state index contributed by atoms with van der Waals surface area (Å²) in [5, 5.41) is 11.3. The molecule has 0 aromatic heterocycles. The fourth-order valence-corrected chi connectivity index (χ4v) is 2.99. The lowest BCUT2D eigenvalue weighted by atomic mass is 10.2. The highest BCUT2D eigenvalue weighted by Crippen LogP contribution is 2.32. The number of methoxy groups -OCH3 is 1. The largest absolute Gasteiger partial charge is 0.495 e. The van der Waals surface area contributed by atoms with Crippen molar-refractivity contribution in [3.05, 3.63) is 17.7 Å². The number of nitrogens with one attached hydrogen (secondary N) is 2. The quantitative estimate of drug-likeness (QED) is 0.710. The highest BCUT2D eigenvalue weighted by molar-refractivity contribution is 7.89. The SMILES string of the molecule is COc1cc(S(=O)(=O)NCCO)cc(C)c1NC(=O)OC(C)(C)C. The number of ether oxygens (including phenoxy) is 2. The van der Waals surface area contributed by atoms with Gasteiger partial charge < -0.3 is 14.6 Å². The van der Waals surface area contributed by atoms with E-state index >= 15 is 0 Å². The molecule has 0 aliphatic carbocycles. The van der Waals surface area contributed by atoms with Gasteiger partial charge in [-0.2, -0.15) is 0 Å². The first-order chi connectivity index (χ1) is 11.0. The first kappa shape index (κ1) is 20.2. The van der Waals surface area contributed by atoms with Crippen LogP contribution in [0.4, 0.5) is 10.5 Å². The van der Waals surface area contributed by atoms with Crippen LogP contribution in [-0.2, 0) is 14.8 Å². The lowest BCUT2D eigenvalue weighted by Gasteiger charge is -2.21. The van der Waals surface area contributed by atoms with E-state index in [-0.39, 0.29) is 23.8 Å². The van der Waals surface area contributed by atoms with Gasteiger partial charge >= 0.3 is 6.09 Å². The molecule has 9 heteroatoms. The predicted octanol–water partition coefficient (Wildman–Crippen LogP) is 1.62. The van der Waals surface area contributed by atoms with Crippen molar-refractivity contribution in [1.29, 1.82) is 0 Å². The fraction of sp³-hybridized carbons (Fsp3) is 0.533. The maximum Gasteiger partial charge on any atom is 0.412 e. The van der Waals surface area contributed by atoms with Crippen LogP contribution in [0.5, 0.6) is 5.75 Å². The number of aliphatic hydroxyl groups is 1. The van der Waals surface area contributed by atoms with Crippen molar-refractivity contribution >= 4 is 21.8 Å². The van der Waals surface area contributed by atoms with Crippen molar-refractivity contribution < 1.29 is 27.8 Å². The van der Waals surface area contributed by atoms with Crippen LogP contribution in [-0.4, -0.2) is 45.5 Å². The van der Waals surface area contributed by atoms with Gasteiger partial charge in [-0.1, -0.05) is 0 Å². The van der Waals surface area contributed by atoms with Crippen LogP contribution in [0.25, 0.3) is 0 Å². The standard InChI is InChI=1S/C15H24N2O6S/c1-10-8-11(24(20,21)16-6-7-18)9-12(22-5)13(10)17-14(19)23-15(2,3)4/h8-9,16,18H,6-7H2,1-5H3,(H,17,19). The van der Waals surface area contributed by atoms with Crippen LogP contribution in [0, 0.1) is 6.92 Å². The Morgan fingerprint density at radius 1 is 1.29 bits per heavy atom. The van der Waals surface area contributed by atoms with Gasteiger partial charge in [-0.05, 0) is 39.3 Å². The number of aryl methyl sites for hydroxylation is 1. The summed E-state index contributed by atoms with van der Waals surface area (Å²) in [5.74, 6) is 0.185. The summed E-state index contributed by atoms with van der Waals surface area (Å²) in [7, 11) is -2.42. The summed E-state index contributed by atoms with van der Waals surface area (Å²) in [6.07, 6.45) is -0.669. The van der Waals surface area contributed by atoms with E-state index < -0.39 is 21.7 Å². The third-order valence-electron chi connectivity index (χ3n) is 2.83. The normalized spacial score (nSPS) is 11.9. The van der Waals surface area contributed by atoms with Gasteiger partial charge in [0.15, 0.2) is 0 Å². The molecular formula is C15H24N2O6S. The summed E-state index contributed by atoms with van der Waals surface area (Å²) in [6.45, 7) is 6.44. The van der Waals surface area contributed by atoms with Crippen LogP contribution in [0.1, 0.15) is 26.3 Å². The Morgan fingerprint density at radius 3 is 2.42 bits per heavy atom. The second kappa shape index (κ2) is 7.82. The fourth-order valence-electron chi connectivity index (χ4n) is 1.87. The number of amides is 1. The molecule has 8 nitrogen and oxygen atoms in total. The van der Waals surface area contributed by atoms with E-state index in [1.807, 2.05) is 0 Å². The number of anilines is 1. The van der Waals surface area contributed by atoms with Gasteiger partial charge in [-0.15, -0.1) is 0 Å². The molecule has 1 amide bonds. The van der Waals surface area contributed by atoms with E-state index in [4.69, 9.17) is 14.6 Å². The molecule has 0 heterocycles. The van der Waals surface area contributed by atoms with Crippen LogP contribution < -0.4 is 14.8 Å². The molecular weight excluding hydrogens is 336 g/mol. The third kappa shape index (κ3) is 5.66. The van der Waals surface area contributed by atoms with E-state index in [1.54, 1.807) is 27.7 Å². The molecule has 24 heavy (non-hydrogen) atoms. The lowest BCUT2D eigenvalue weighted by molar-refractivity contribution is 0.0635. The zero-order valence-corrected chi connectivity index (χ0v) is 15.3. The summed E-state index contributed by atoms with van der Waals surface area (Å²) < 4.78 is 36.9. The lowest BCUT2D eigenvalue weighted by Crippen LogP contribution is -2.28. The van der Waals surface area contributed by atoms with Crippen LogP contribution in [0.15, 0.2) is 17.0 Å². The molecule has 0 spiro atoms. The Balaban J connectivity index is 3.15. The van der Waals surface area contributed by atoms with Gasteiger partial charge in [-0.25, -0.2) is 17.9 Å². The average Bonchev–Trinajstić information content (AvgIpc) is 2.45. The molecule has 0 saturated carbocycles. The molecule has 0 radical (unpaired) electrons. The van der Waals surface area contributed by atoms with Gasteiger partial charge in [0.25, 0.3) is 0 Å². The average molecular weight is 360 g/mol. The molecule has 0 saturated heterocycles. The van der Waals surface area contributed by atoms with E-state index in [0.29, 0.717) is 11.3 Å². The van der Waals surface area contributed by atoms with E-state index in [2.05, 4.69) is 10.0 Å². The number of benzene rings is 1. The van der Waals surface area contributed by atoms with Crippen molar-refractivity contribution in [1.82, 2.24) is 4.72 Å². The van der Waals surface area contributed by atoms with Gasteiger partial charge in [0.05, 0.1) is 24.3 Å². The minimum absolute atomic E-state index is 0.0277. The highest BCUT2D eigenvalue weighted by Gasteiger charge is 2.21. The number of aliphatic hydroxyl groups excluding tert-OH is 1. The number of hydrogen-bond donors (Lipinski definition) is 3. The second-order valence-corrected chi connectivity index (χ2v) is 7.83. The van der Waals surface area contributed by atoms with Crippen LogP contribution >= 0.6 is 0 Å². The van der Waals surface area contributed by atoms with E-state index in [0.717, 1.165) is 0 Å². The van der Waals surface area contributed by atoms with Gasteiger partial charge in [0, 0.05) is 12.6 Å². The molecule has 0 aliphatic rings. The molecule has 0 bridgehead atoms. The summed E-state index contributed by atoms with van der Waals surface area (Å²) in [5.41, 5.74) is 0.153. The molecule has 1 aromatic rings. The van der Waals surface area contributed by atoms with Gasteiger partial charge in [-0.3, -0.25) is 5.32 Å². The maximum absolute atomic E-state index is 12.1. The molecule has 0 aliphatic heterocycles. The topological polar surface area (TPSA) is 114 Å². The van der Waals surface area contributed by atoms with Crippen molar-refractivity contribution in [2.45, 2.75) is 38.2 Å². The van der Waals surface area contributed by atoms with Gasteiger partial charge in [0.1, 0.15) is 11.4 Å². The summed E-state index contributed by atoms with van der Waals surface area (Å²) in [6, 6.07) is 2.69. The Morgan fingerprint density at radius 2 is 1.92 bits per heavy atom. The second-order valence-electron chi connectivity index (χ2n) is 6.07. The van der Waals surface area contributed by atoms with Crippen molar-refractivity contribution in [3.8, 4) is 5.75 Å². The number of hydrogen-bond acceptors (Lipinski definition) is 6. The van der Waals surface area contributed by atoms with Crippen LogP contribution in [0.2, 0.25) is 0 Å². The van der Waals surface area contributed by atoms with E-state index in [9.17, 15) is 13.2 Å². The number of carbonyl (C=O) groups is 1. The molecule has 0 atom stereocenters. The number of rotatable bonds is 6. The van der Waals surface area contributed by atoms with Gasteiger partial charge in [0.2, 0.25) is 10.0 Å². The number of carbonyl (C=O) groups excluding carboxylic acids is 1. The highest BCUT2D eigenvalue weighted by atomic mass is 32.2. The molecule has 136 valence electrons. The zero-order chi connectivity index (χ0) is 18.5. The Hall–Kier alpha value is -1.84. The van der Waals surface area contributed by atoms with Crippen LogP contribution in [0.3, 0.4) is 0 Å². The zero-order valence-electron chi connectivity index (χ0n) is 14.5. The molecule has 3 N–H and O–H groups in total. The number of sulfonamides is 1. The van der Waals surface area contributed by atoms with E-state index in [1.165, 1.54) is 19.2 Å². The van der Waals surface area contributed by atoms with Crippen molar-refractivity contribution in [3.63, 3.8) is 0 Å². The Labute approximate surface area is 142 Å². The minimum atomic E-state index is -3.79. The monoisotopic (exact) mass is 360 g/mol. The third-order valence-corrected chi connectivity index (χ3v) is 4.27. The minimum Gasteiger partial charge on any atom is -0.495 e. The summed E-state index contributed by atoms with van der Waals surface area (Å²) in [4.78, 5) is 11.9. The van der Waals surface area contributed by atoms with Crippen molar-refractivity contribution in [2.75, 3.05) is 25.6 Å². The maximum atomic E-state index is 12.1. The smallest absolute Gasteiger partial charge is 0.412 e. The Kier molecular flexibility index (Phi) is 6.58. The molecule has 0 unspecified atom stereocenters. The molecule has 1 aromatic carbocycles. The predicted molar refractivity (Wildman–Crippen MR) is 89.9 cm³/mol. The molecule has 1 rings (SSSR count).